The van der Waals surface area contributed by atoms with Crippen molar-refractivity contribution in [1.82, 2.24) is 15.1 Å². The molecule has 3 aliphatic heterocycles. The minimum absolute atomic E-state index is 0.0330. The lowest BCUT2D eigenvalue weighted by Crippen LogP contribution is -2.50. The monoisotopic (exact) mass is 633 g/mol. The predicted molar refractivity (Wildman–Crippen MR) is 167 cm³/mol. The average Bonchev–Trinajstić information content (AvgIpc) is 3.30. The van der Waals surface area contributed by atoms with E-state index in [9.17, 15) is 24.3 Å². The van der Waals surface area contributed by atoms with Crippen LogP contribution in [-0.4, -0.2) is 75.0 Å². The van der Waals surface area contributed by atoms with Crippen LogP contribution in [0.2, 0.25) is 0 Å². The maximum absolute atomic E-state index is 14.2. The number of likely N-dealkylation sites (tertiary alicyclic amines) is 1. The van der Waals surface area contributed by atoms with E-state index >= 15 is 0 Å². The summed E-state index contributed by atoms with van der Waals surface area (Å²) in [7, 11) is 0. The Bertz CT molecular complexity index is 1160. The Morgan fingerprint density at radius 1 is 1.07 bits per heavy atom. The van der Waals surface area contributed by atoms with Crippen LogP contribution in [0.15, 0.2) is 42.5 Å². The van der Waals surface area contributed by atoms with Crippen molar-refractivity contribution in [3.05, 3.63) is 48.0 Å². The summed E-state index contributed by atoms with van der Waals surface area (Å²) in [5, 5.41) is 13.6. The normalized spacial score (nSPS) is 32.0. The molecule has 0 spiro atoms. The number of amides is 3. The van der Waals surface area contributed by atoms with Gasteiger partial charge >= 0.3 is 0 Å². The van der Waals surface area contributed by atoms with Gasteiger partial charge in [-0.3, -0.25) is 19.2 Å². The Morgan fingerprint density at radius 2 is 1.81 bits per heavy atom. The van der Waals surface area contributed by atoms with E-state index in [1.54, 1.807) is 9.80 Å². The van der Waals surface area contributed by atoms with Crippen molar-refractivity contribution in [3.63, 3.8) is 0 Å². The Hall–Kier alpha value is -2.42. The van der Waals surface area contributed by atoms with Crippen molar-refractivity contribution < 1.29 is 24.3 Å². The maximum Gasteiger partial charge on any atom is 0.243 e. The summed E-state index contributed by atoms with van der Waals surface area (Å²) in [5.74, 6) is -0.776. The predicted octanol–water partition coefficient (Wildman–Crippen LogP) is 4.80. The highest BCUT2D eigenvalue weighted by Gasteiger charge is 2.62. The molecule has 2 N–H and O–H groups in total. The zero-order chi connectivity index (χ0) is 31.0. The van der Waals surface area contributed by atoms with Gasteiger partial charge in [-0.1, -0.05) is 62.2 Å². The maximum atomic E-state index is 14.2. The summed E-state index contributed by atoms with van der Waals surface area (Å²) in [4.78, 5) is 57.7. The van der Waals surface area contributed by atoms with Gasteiger partial charge in [0, 0.05) is 38.4 Å². The highest BCUT2D eigenvalue weighted by molar-refractivity contribution is 6.40. The van der Waals surface area contributed by atoms with Gasteiger partial charge in [0.25, 0.3) is 0 Å². The van der Waals surface area contributed by atoms with E-state index in [0.29, 0.717) is 25.9 Å². The topological polar surface area (TPSA) is 107 Å². The molecule has 236 valence electrons. The Labute approximate surface area is 265 Å². The quantitative estimate of drug-likeness (QED) is 0.366. The van der Waals surface area contributed by atoms with E-state index in [-0.39, 0.29) is 60.1 Å². The fourth-order valence-corrected chi connectivity index (χ4v) is 6.93. The van der Waals surface area contributed by atoms with E-state index in [2.05, 4.69) is 17.5 Å². The van der Waals surface area contributed by atoms with Crippen molar-refractivity contribution in [2.45, 2.75) is 95.9 Å². The molecule has 3 fully saturated rings. The van der Waals surface area contributed by atoms with Gasteiger partial charge in [0.05, 0.1) is 22.9 Å². The number of hydrogen-bond acceptors (Lipinski definition) is 5. The van der Waals surface area contributed by atoms with Crippen LogP contribution in [0, 0.1) is 17.3 Å². The molecule has 10 heteroatoms. The van der Waals surface area contributed by atoms with Crippen molar-refractivity contribution >= 4 is 46.7 Å². The first kappa shape index (κ1) is 33.5. The summed E-state index contributed by atoms with van der Waals surface area (Å²) in [6, 6.07) is 8.45. The van der Waals surface area contributed by atoms with Crippen LogP contribution >= 0.6 is 23.2 Å². The molecule has 0 unspecified atom stereocenters. The van der Waals surface area contributed by atoms with Gasteiger partial charge in [-0.15, -0.1) is 23.2 Å². The van der Waals surface area contributed by atoms with Crippen molar-refractivity contribution in [2.24, 2.45) is 17.3 Å². The Balaban J connectivity index is 0.00000135. The number of aliphatic hydroxyl groups excluding tert-OH is 1. The van der Waals surface area contributed by atoms with Gasteiger partial charge in [0.2, 0.25) is 17.7 Å². The molecule has 8 nitrogen and oxygen atoms in total. The van der Waals surface area contributed by atoms with Crippen molar-refractivity contribution in [3.8, 4) is 0 Å². The number of rotatable bonds is 4. The van der Waals surface area contributed by atoms with Crippen LogP contribution in [0.1, 0.15) is 76.7 Å². The molecule has 6 atom stereocenters. The average molecular weight is 635 g/mol. The van der Waals surface area contributed by atoms with E-state index < -0.39 is 23.6 Å². The molecular weight excluding hydrogens is 589 g/mol. The fraction of sp³-hybridized carbons (Fsp3) is 0.636. The second kappa shape index (κ2) is 15.5. The van der Waals surface area contributed by atoms with E-state index in [4.69, 9.17) is 23.2 Å². The molecule has 2 saturated heterocycles. The molecule has 3 heterocycles. The molecule has 43 heavy (non-hydrogen) atoms. The van der Waals surface area contributed by atoms with E-state index in [0.717, 1.165) is 44.1 Å². The van der Waals surface area contributed by atoms with Crippen LogP contribution in [0.5, 0.6) is 0 Å². The first-order valence-electron chi connectivity index (χ1n) is 15.6. The zero-order valence-corrected chi connectivity index (χ0v) is 26.6. The summed E-state index contributed by atoms with van der Waals surface area (Å²) in [6.45, 7) is 2.98. The number of nitrogens with zero attached hydrogens (tertiary/aromatic N) is 2. The molecule has 1 aromatic carbocycles. The van der Waals surface area contributed by atoms with Gasteiger partial charge < -0.3 is 20.2 Å². The minimum atomic E-state index is -0.885. The number of benzene rings is 1. The number of hydrogen-bond donors (Lipinski definition) is 2. The number of allylic oxidation sites excluding steroid dienone is 2. The van der Waals surface area contributed by atoms with Crippen molar-refractivity contribution in [2.75, 3.05) is 18.4 Å². The van der Waals surface area contributed by atoms with Gasteiger partial charge in [-0.2, -0.15) is 0 Å². The molecule has 4 aliphatic rings. The molecule has 1 aliphatic carbocycles. The number of Topliss-reactive ketones (excluding diaryl/α,β-unsaturated/α-hetero) is 1. The standard InChI is InChI=1S/C32H43N3O5.CH2Cl2/c1-22-11-6-3-2-4-9-14-24-18-32(24,19-28(37)27-17-25(36)21-35(27)30(22)39)31(40)34-16-10-15-26(34)29(38)33-20-23-12-7-5-8-13-23;2-1-3/h5,7-9,12-14,22,24-27,36H,2-4,6,10-11,15-21H2,1H3,(H,33,38);1H2/b14-9-;/t22-,24+,25+,26+,27-,32+;/m0./s1. The van der Waals surface area contributed by atoms with E-state index in [1.807, 2.05) is 37.3 Å². The summed E-state index contributed by atoms with van der Waals surface area (Å²) >= 11 is 9.53. The molecule has 0 bridgehead atoms. The van der Waals surface area contributed by atoms with Crippen LogP contribution in [0.4, 0.5) is 0 Å². The molecule has 3 amide bonds. The van der Waals surface area contributed by atoms with Crippen LogP contribution < -0.4 is 5.32 Å². The molecule has 1 aromatic rings. The molecule has 1 saturated carbocycles. The first-order chi connectivity index (χ1) is 20.7. The van der Waals surface area contributed by atoms with Crippen molar-refractivity contribution in [1.29, 1.82) is 0 Å². The summed E-state index contributed by atoms with van der Waals surface area (Å²) in [5.41, 5.74) is 0.113. The number of halogens is 2. The van der Waals surface area contributed by atoms with Crippen LogP contribution in [-0.2, 0) is 25.7 Å². The lowest BCUT2D eigenvalue weighted by atomic mass is 9.90. The summed E-state index contributed by atoms with van der Waals surface area (Å²) < 4.78 is 0. The second-order valence-corrected chi connectivity index (χ2v) is 13.2. The van der Waals surface area contributed by atoms with Gasteiger partial charge in [-0.25, -0.2) is 0 Å². The highest BCUT2D eigenvalue weighted by Crippen LogP contribution is 2.58. The number of fused-ring (bicyclic) bond motifs is 2. The Kier molecular flexibility index (Phi) is 12.1. The number of aliphatic hydroxyl groups is 1. The van der Waals surface area contributed by atoms with Gasteiger partial charge in [0.1, 0.15) is 6.04 Å². The van der Waals surface area contributed by atoms with Crippen LogP contribution in [0.3, 0.4) is 0 Å². The first-order valence-corrected chi connectivity index (χ1v) is 16.7. The number of alkyl halides is 2. The molecule has 5 rings (SSSR count). The minimum Gasteiger partial charge on any atom is -0.391 e. The number of carbonyl (C=O) groups is 4. The number of ketones is 1. The Morgan fingerprint density at radius 3 is 2.56 bits per heavy atom. The summed E-state index contributed by atoms with van der Waals surface area (Å²) in [6.07, 6.45) is 10.3. The fourth-order valence-electron chi connectivity index (χ4n) is 6.93. The smallest absolute Gasteiger partial charge is 0.243 e. The molecule has 0 aromatic heterocycles. The third-order valence-electron chi connectivity index (χ3n) is 9.41. The molecule has 0 radical (unpaired) electrons. The molecular formula is C33H45Cl2N3O5. The lowest BCUT2D eigenvalue weighted by molar-refractivity contribution is -0.146. The zero-order valence-electron chi connectivity index (χ0n) is 25.1. The van der Waals surface area contributed by atoms with E-state index in [1.165, 1.54) is 0 Å². The number of nitrogens with one attached hydrogen (secondary N) is 1. The number of carbonyl (C=O) groups excluding carboxylic acids is 4. The SMILES string of the molecule is C[C@H]1CCCCC/C=C\[C@@H]2C[C@@]2(C(=O)N2CCC[C@@H]2C(=O)NCc2ccccc2)CC(=O)[C@@H]2C[C@@H](O)CN2C1=O.ClCCl. The van der Waals surface area contributed by atoms with Gasteiger partial charge in [0.15, 0.2) is 5.78 Å². The van der Waals surface area contributed by atoms with Gasteiger partial charge in [-0.05, 0) is 50.0 Å². The highest BCUT2D eigenvalue weighted by atomic mass is 35.5. The second-order valence-electron chi connectivity index (χ2n) is 12.4. The van der Waals surface area contributed by atoms with Crippen LogP contribution in [0.25, 0.3) is 0 Å². The third kappa shape index (κ3) is 8.20. The lowest BCUT2D eigenvalue weighted by Gasteiger charge is -2.31. The largest absolute Gasteiger partial charge is 0.391 e. The third-order valence-corrected chi connectivity index (χ3v) is 9.41.